The lowest BCUT2D eigenvalue weighted by atomic mass is 10.1. The van der Waals surface area contributed by atoms with Gasteiger partial charge in [-0.15, -0.1) is 16.3 Å². The van der Waals surface area contributed by atoms with Crippen LogP contribution in [0, 0.1) is 4.91 Å². The Morgan fingerprint density at radius 3 is 2.80 bits per heavy atom. The van der Waals surface area contributed by atoms with Crippen LogP contribution in [0.2, 0.25) is 0 Å². The average molecular weight is 255 g/mol. The minimum Gasteiger partial charge on any atom is -0.469 e. The molecule has 0 saturated carbocycles. The predicted octanol–water partition coefficient (Wildman–Crippen LogP) is 0.669. The van der Waals surface area contributed by atoms with Crippen LogP contribution < -0.4 is 0 Å². The summed E-state index contributed by atoms with van der Waals surface area (Å²) in [6.07, 6.45) is -0.547. The molecule has 0 aliphatic heterocycles. The first-order valence-electron chi connectivity index (χ1n) is 4.24. The van der Waals surface area contributed by atoms with Crippen molar-refractivity contribution in [3.63, 3.8) is 0 Å². The molecule has 0 fully saturated rings. The molecule has 0 bridgehead atoms. The zero-order valence-corrected chi connectivity index (χ0v) is 10.1. The van der Waals surface area contributed by atoms with Gasteiger partial charge in [-0.1, -0.05) is 0 Å². The molecule has 0 aliphatic carbocycles. The molecule has 8 heteroatoms. The number of carbonyl (C=O) groups excluding carboxylic acids is 1. The Balaban J connectivity index is 3.86. The number of nitrogens with zero attached hydrogens (tertiary/aromatic N) is 1. The van der Waals surface area contributed by atoms with Crippen molar-refractivity contribution in [3.8, 4) is 0 Å². The van der Waals surface area contributed by atoms with E-state index in [1.54, 1.807) is 0 Å². The Labute approximate surface area is 93.3 Å². The summed E-state index contributed by atoms with van der Waals surface area (Å²) >= 11 is 1.09. The molecule has 3 atom stereocenters. The van der Waals surface area contributed by atoms with E-state index in [4.69, 9.17) is 5.11 Å². The summed E-state index contributed by atoms with van der Waals surface area (Å²) in [4.78, 5) is 23.3. The fourth-order valence-corrected chi connectivity index (χ4v) is 2.66. The normalized spacial score (nSPS) is 15.1. The quantitative estimate of drug-likeness (QED) is 0.376. The van der Waals surface area contributed by atoms with E-state index < -0.39 is 17.3 Å². The van der Waals surface area contributed by atoms with Crippen molar-refractivity contribution in [1.29, 1.82) is 0 Å². The summed E-state index contributed by atoms with van der Waals surface area (Å²) < 4.78 is 4.41. The zero-order chi connectivity index (χ0) is 11.7. The number of carbonyl (C=O) groups is 1. The number of hydrogen-bond donors (Lipinski definition) is 2. The van der Waals surface area contributed by atoms with Crippen molar-refractivity contribution in [1.82, 2.24) is 0 Å². The first-order chi connectivity index (χ1) is 7.15. The second kappa shape index (κ2) is 9.03. The van der Waals surface area contributed by atoms with Gasteiger partial charge in [0.1, 0.15) is 7.93 Å². The van der Waals surface area contributed by atoms with Gasteiger partial charge in [0.2, 0.25) is 0 Å². The fraction of sp³-hybridized carbons (Fsp3) is 0.857. The second-order valence-corrected chi connectivity index (χ2v) is 5.16. The average Bonchev–Trinajstić information content (AvgIpc) is 2.26. The van der Waals surface area contributed by atoms with Crippen molar-refractivity contribution >= 4 is 25.3 Å². The molecular formula is C7H14NO5PS. The van der Waals surface area contributed by atoms with Crippen LogP contribution in [0.1, 0.15) is 12.8 Å². The van der Waals surface area contributed by atoms with Crippen molar-refractivity contribution in [3.05, 3.63) is 4.91 Å². The lowest BCUT2D eigenvalue weighted by molar-refractivity contribution is -0.141. The fourth-order valence-electron chi connectivity index (χ4n) is 0.880. The minimum atomic E-state index is -0.839. The van der Waals surface area contributed by atoms with Gasteiger partial charge in [0.05, 0.1) is 25.1 Å². The van der Waals surface area contributed by atoms with E-state index >= 15 is 0 Å². The Morgan fingerprint density at radius 2 is 2.33 bits per heavy atom. The van der Waals surface area contributed by atoms with E-state index in [-0.39, 0.29) is 27.4 Å². The molecule has 2 N–H and O–H groups in total. The molecule has 0 heterocycles. The molecule has 0 radical (unpaired) electrons. The van der Waals surface area contributed by atoms with Crippen LogP contribution in [0.15, 0.2) is 4.95 Å². The summed E-state index contributed by atoms with van der Waals surface area (Å²) in [5.41, 5.74) is 0. The van der Waals surface area contributed by atoms with Gasteiger partial charge >= 0.3 is 5.97 Å². The SMILES string of the molecule is COC(=O)CC[C@H](O)[C@@H](CO)SPN=O. The molecule has 0 rings (SSSR count). The number of hydrogen-bond acceptors (Lipinski definition) is 7. The number of methoxy groups -OCH3 is 1. The lowest BCUT2D eigenvalue weighted by Gasteiger charge is -2.18. The molecule has 6 nitrogen and oxygen atoms in total. The maximum absolute atomic E-state index is 10.8. The van der Waals surface area contributed by atoms with Crippen molar-refractivity contribution in [2.75, 3.05) is 13.7 Å². The highest BCUT2D eigenvalue weighted by atomic mass is 32.7. The molecule has 88 valence electrons. The second-order valence-electron chi connectivity index (χ2n) is 2.70. The van der Waals surface area contributed by atoms with E-state index in [1.807, 2.05) is 0 Å². The minimum absolute atomic E-state index is 0.0896. The van der Waals surface area contributed by atoms with E-state index in [0.29, 0.717) is 0 Å². The molecule has 1 unspecified atom stereocenters. The molecule has 0 aromatic heterocycles. The molecule has 0 aliphatic rings. The third-order valence-corrected chi connectivity index (χ3v) is 4.12. The van der Waals surface area contributed by atoms with E-state index in [2.05, 4.69) is 9.68 Å². The van der Waals surface area contributed by atoms with Crippen LogP contribution in [0.25, 0.3) is 0 Å². The first-order valence-corrected chi connectivity index (χ1v) is 6.79. The van der Waals surface area contributed by atoms with Gasteiger partial charge in [0.15, 0.2) is 0 Å². The maximum Gasteiger partial charge on any atom is 0.305 e. The summed E-state index contributed by atoms with van der Waals surface area (Å²) in [7, 11) is 1.01. The number of nitroso groups, excluding NO2 is 1. The van der Waals surface area contributed by atoms with E-state index in [0.717, 1.165) is 11.4 Å². The molecular weight excluding hydrogens is 241 g/mol. The van der Waals surface area contributed by atoms with Gasteiger partial charge in [-0.2, -0.15) is 0 Å². The van der Waals surface area contributed by atoms with E-state index in [9.17, 15) is 14.8 Å². The van der Waals surface area contributed by atoms with Gasteiger partial charge in [-0.3, -0.25) is 4.79 Å². The van der Waals surface area contributed by atoms with Crippen LogP contribution in [0.4, 0.5) is 0 Å². The van der Waals surface area contributed by atoms with Gasteiger partial charge in [0, 0.05) is 6.42 Å². The number of esters is 1. The number of aliphatic hydroxyl groups excluding tert-OH is 2. The smallest absolute Gasteiger partial charge is 0.305 e. The van der Waals surface area contributed by atoms with Crippen LogP contribution in [0.5, 0.6) is 0 Å². The standard InChI is InChI=1S/C7H14NO5PS/c1-13-7(11)3-2-5(10)6(4-9)15-14-8-12/h5-6,9-10,14H,2-4H2,1H3/t5-,6+/m0/s1. The van der Waals surface area contributed by atoms with E-state index in [1.165, 1.54) is 7.11 Å². The topological polar surface area (TPSA) is 96.2 Å². The molecule has 0 amide bonds. The number of aliphatic hydroxyl groups is 2. The van der Waals surface area contributed by atoms with Crippen molar-refractivity contribution in [2.24, 2.45) is 4.95 Å². The Morgan fingerprint density at radius 1 is 1.67 bits per heavy atom. The summed E-state index contributed by atoms with van der Waals surface area (Å²) in [6, 6.07) is 0. The molecule has 0 spiro atoms. The molecule has 0 saturated heterocycles. The third-order valence-electron chi connectivity index (χ3n) is 1.72. The van der Waals surface area contributed by atoms with Gasteiger partial charge < -0.3 is 14.9 Å². The van der Waals surface area contributed by atoms with Crippen LogP contribution >= 0.6 is 19.3 Å². The molecule has 15 heavy (non-hydrogen) atoms. The summed E-state index contributed by atoms with van der Waals surface area (Å²) in [6.45, 7) is -0.254. The van der Waals surface area contributed by atoms with Gasteiger partial charge in [0.25, 0.3) is 0 Å². The monoisotopic (exact) mass is 255 g/mol. The molecule has 0 aromatic carbocycles. The third kappa shape index (κ3) is 6.78. The van der Waals surface area contributed by atoms with Crippen molar-refractivity contribution < 1.29 is 19.7 Å². The number of ether oxygens (including phenoxy) is 1. The van der Waals surface area contributed by atoms with Gasteiger partial charge in [-0.25, -0.2) is 0 Å². The highest BCUT2D eigenvalue weighted by molar-refractivity contribution is 8.49. The maximum atomic E-state index is 10.8. The Hall–Kier alpha value is -0.230. The molecule has 0 aromatic rings. The summed E-state index contributed by atoms with van der Waals surface area (Å²) in [5.74, 6) is -0.410. The van der Waals surface area contributed by atoms with Crippen LogP contribution in [-0.4, -0.2) is 41.3 Å². The zero-order valence-electron chi connectivity index (χ0n) is 8.25. The predicted molar refractivity (Wildman–Crippen MR) is 59.8 cm³/mol. The highest BCUT2D eigenvalue weighted by Crippen LogP contribution is 2.36. The van der Waals surface area contributed by atoms with Gasteiger partial charge in [-0.05, 0) is 11.4 Å². The summed E-state index contributed by atoms with van der Waals surface area (Å²) in [5, 5.41) is 18.0. The van der Waals surface area contributed by atoms with Crippen LogP contribution in [-0.2, 0) is 9.53 Å². The van der Waals surface area contributed by atoms with Crippen LogP contribution in [0.3, 0.4) is 0 Å². The Bertz CT molecular complexity index is 206. The van der Waals surface area contributed by atoms with Crippen molar-refractivity contribution in [2.45, 2.75) is 24.2 Å². The largest absolute Gasteiger partial charge is 0.469 e. The first kappa shape index (κ1) is 14.8. The lowest BCUT2D eigenvalue weighted by Crippen LogP contribution is -2.26. The Kier molecular flexibility index (Phi) is 8.89. The highest BCUT2D eigenvalue weighted by Gasteiger charge is 2.20. The number of rotatable bonds is 8.